The summed E-state index contributed by atoms with van der Waals surface area (Å²) in [6, 6.07) is 20.6. The van der Waals surface area contributed by atoms with Gasteiger partial charge in [0, 0.05) is 6.54 Å². The maximum absolute atomic E-state index is 12.5. The van der Waals surface area contributed by atoms with Crippen LogP contribution < -0.4 is 5.32 Å². The highest BCUT2D eigenvalue weighted by Gasteiger charge is 2.30. The molecule has 0 aliphatic carbocycles. The number of amides is 1. The molecule has 1 aromatic heterocycles. The molecule has 5 nitrogen and oxygen atoms in total. The third-order valence-corrected chi connectivity index (χ3v) is 6.18. The molecule has 1 heterocycles. The summed E-state index contributed by atoms with van der Waals surface area (Å²) in [5, 5.41) is 13.1. The van der Waals surface area contributed by atoms with E-state index in [1.54, 1.807) is 6.92 Å². The van der Waals surface area contributed by atoms with Crippen molar-refractivity contribution in [1.29, 1.82) is 5.26 Å². The van der Waals surface area contributed by atoms with Crippen molar-refractivity contribution in [3.05, 3.63) is 60.2 Å². The van der Waals surface area contributed by atoms with Crippen molar-refractivity contribution in [2.45, 2.75) is 44.4 Å². The molecule has 0 aliphatic rings. The number of aryl methyl sites for hydroxylation is 2. The molecular formula is C23H26N4OS. The van der Waals surface area contributed by atoms with Crippen LogP contribution in [0.5, 0.6) is 0 Å². The van der Waals surface area contributed by atoms with Crippen molar-refractivity contribution in [2.24, 2.45) is 5.92 Å². The fraction of sp³-hybridized carbons (Fsp3) is 0.348. The van der Waals surface area contributed by atoms with Gasteiger partial charge in [0.1, 0.15) is 5.54 Å². The molecule has 1 N–H and O–H groups in total. The molecule has 0 saturated carbocycles. The molecule has 0 aliphatic heterocycles. The standard InChI is InChI=1S/C23H26N4OS/c1-17(2)23(3,16-24)26-21(28)15-29-22-25-19-11-7-8-12-20(19)27(22)14-13-18-9-5-4-6-10-18/h4-12,17H,13-15H2,1-3H3,(H,26,28). The molecule has 2 aromatic carbocycles. The lowest BCUT2D eigenvalue weighted by atomic mass is 9.90. The molecule has 0 saturated heterocycles. The number of thioether (sulfide) groups is 1. The molecule has 1 atom stereocenters. The Balaban J connectivity index is 1.75. The highest BCUT2D eigenvalue weighted by atomic mass is 32.2. The number of nitrogens with zero attached hydrogens (tertiary/aromatic N) is 3. The van der Waals surface area contributed by atoms with Crippen molar-refractivity contribution < 1.29 is 4.79 Å². The van der Waals surface area contributed by atoms with E-state index in [1.807, 2.05) is 50.2 Å². The van der Waals surface area contributed by atoms with Crippen LogP contribution in [0.25, 0.3) is 11.0 Å². The molecule has 3 aromatic rings. The van der Waals surface area contributed by atoms with Crippen LogP contribution in [0.1, 0.15) is 26.3 Å². The number of hydrogen-bond donors (Lipinski definition) is 1. The number of hydrogen-bond acceptors (Lipinski definition) is 4. The zero-order valence-corrected chi connectivity index (χ0v) is 17.9. The number of benzene rings is 2. The number of carbonyl (C=O) groups excluding carboxylic acids is 1. The quantitative estimate of drug-likeness (QED) is 0.562. The lowest BCUT2D eigenvalue weighted by molar-refractivity contribution is -0.120. The van der Waals surface area contributed by atoms with Crippen LogP contribution in [-0.4, -0.2) is 26.8 Å². The molecular weight excluding hydrogens is 380 g/mol. The number of rotatable bonds is 8. The van der Waals surface area contributed by atoms with Crippen LogP contribution in [-0.2, 0) is 17.8 Å². The largest absolute Gasteiger partial charge is 0.337 e. The number of para-hydroxylation sites is 2. The van der Waals surface area contributed by atoms with Gasteiger partial charge in [-0.2, -0.15) is 5.26 Å². The second kappa shape index (κ2) is 9.15. The van der Waals surface area contributed by atoms with E-state index in [9.17, 15) is 10.1 Å². The van der Waals surface area contributed by atoms with Crippen LogP contribution in [0.3, 0.4) is 0 Å². The van der Waals surface area contributed by atoms with E-state index in [2.05, 4.69) is 34.2 Å². The maximum Gasteiger partial charge on any atom is 0.231 e. The van der Waals surface area contributed by atoms with Crippen molar-refractivity contribution >= 4 is 28.7 Å². The minimum Gasteiger partial charge on any atom is -0.337 e. The number of carbonyl (C=O) groups is 1. The average molecular weight is 407 g/mol. The normalized spacial score (nSPS) is 13.2. The summed E-state index contributed by atoms with van der Waals surface area (Å²) in [5.74, 6) is 0.0878. The van der Waals surface area contributed by atoms with E-state index in [1.165, 1.54) is 17.3 Å². The minimum absolute atomic E-state index is 0.0249. The Morgan fingerprint density at radius 1 is 1.21 bits per heavy atom. The Morgan fingerprint density at radius 3 is 2.59 bits per heavy atom. The Kier molecular flexibility index (Phi) is 6.60. The smallest absolute Gasteiger partial charge is 0.231 e. The van der Waals surface area contributed by atoms with E-state index in [-0.39, 0.29) is 17.6 Å². The van der Waals surface area contributed by atoms with E-state index in [4.69, 9.17) is 4.98 Å². The zero-order valence-electron chi connectivity index (χ0n) is 17.1. The van der Waals surface area contributed by atoms with Gasteiger partial charge in [-0.1, -0.05) is 68.1 Å². The number of imidazole rings is 1. The van der Waals surface area contributed by atoms with E-state index >= 15 is 0 Å². The van der Waals surface area contributed by atoms with Gasteiger partial charge >= 0.3 is 0 Å². The van der Waals surface area contributed by atoms with Crippen molar-refractivity contribution in [1.82, 2.24) is 14.9 Å². The first kappa shape index (κ1) is 20.9. The molecule has 0 radical (unpaired) electrons. The molecule has 6 heteroatoms. The number of nitrogens with one attached hydrogen (secondary N) is 1. The van der Waals surface area contributed by atoms with Crippen LogP contribution in [0.2, 0.25) is 0 Å². The molecule has 1 amide bonds. The fourth-order valence-corrected chi connectivity index (χ4v) is 3.86. The number of aromatic nitrogens is 2. The van der Waals surface area contributed by atoms with Gasteiger partial charge in [0.05, 0.1) is 22.9 Å². The topological polar surface area (TPSA) is 70.7 Å². The first-order valence-electron chi connectivity index (χ1n) is 9.77. The fourth-order valence-electron chi connectivity index (χ4n) is 3.02. The van der Waals surface area contributed by atoms with Crippen molar-refractivity contribution in [3.8, 4) is 6.07 Å². The second-order valence-corrected chi connectivity index (χ2v) is 8.52. The molecule has 29 heavy (non-hydrogen) atoms. The van der Waals surface area contributed by atoms with Gasteiger partial charge in [0.2, 0.25) is 5.91 Å². The van der Waals surface area contributed by atoms with Crippen LogP contribution >= 0.6 is 11.8 Å². The highest BCUT2D eigenvalue weighted by molar-refractivity contribution is 7.99. The number of fused-ring (bicyclic) bond motifs is 1. The third-order valence-electron chi connectivity index (χ3n) is 5.20. The monoisotopic (exact) mass is 406 g/mol. The number of nitriles is 1. The summed E-state index contributed by atoms with van der Waals surface area (Å²) in [4.78, 5) is 17.2. The van der Waals surface area contributed by atoms with Gasteiger partial charge in [-0.15, -0.1) is 0 Å². The van der Waals surface area contributed by atoms with Crippen LogP contribution in [0.15, 0.2) is 59.8 Å². The predicted molar refractivity (Wildman–Crippen MR) is 118 cm³/mol. The summed E-state index contributed by atoms with van der Waals surface area (Å²) >= 11 is 1.41. The Bertz CT molecular complexity index is 1020. The zero-order chi connectivity index (χ0) is 20.9. The lowest BCUT2D eigenvalue weighted by Crippen LogP contribution is -2.49. The highest BCUT2D eigenvalue weighted by Crippen LogP contribution is 2.25. The maximum atomic E-state index is 12.5. The van der Waals surface area contributed by atoms with Gasteiger partial charge in [-0.05, 0) is 37.0 Å². The Labute approximate surface area is 176 Å². The molecule has 0 spiro atoms. The summed E-state index contributed by atoms with van der Waals surface area (Å²) in [6.07, 6.45) is 0.890. The van der Waals surface area contributed by atoms with Crippen LogP contribution in [0, 0.1) is 17.2 Å². The molecule has 1 unspecified atom stereocenters. The lowest BCUT2D eigenvalue weighted by Gasteiger charge is -2.27. The van der Waals surface area contributed by atoms with Gasteiger partial charge < -0.3 is 9.88 Å². The molecule has 3 rings (SSSR count). The van der Waals surface area contributed by atoms with E-state index < -0.39 is 5.54 Å². The summed E-state index contributed by atoms with van der Waals surface area (Å²) < 4.78 is 2.17. The van der Waals surface area contributed by atoms with Crippen molar-refractivity contribution in [3.63, 3.8) is 0 Å². The third kappa shape index (κ3) is 4.99. The van der Waals surface area contributed by atoms with Gasteiger partial charge in [-0.3, -0.25) is 4.79 Å². The summed E-state index contributed by atoms with van der Waals surface area (Å²) in [6.45, 7) is 6.41. The van der Waals surface area contributed by atoms with Crippen molar-refractivity contribution in [2.75, 3.05) is 5.75 Å². The average Bonchev–Trinajstić information content (AvgIpc) is 3.08. The minimum atomic E-state index is -0.870. The predicted octanol–water partition coefficient (Wildman–Crippen LogP) is 4.43. The molecule has 0 bridgehead atoms. The van der Waals surface area contributed by atoms with Gasteiger partial charge in [-0.25, -0.2) is 4.98 Å². The molecule has 0 fully saturated rings. The van der Waals surface area contributed by atoms with E-state index in [0.717, 1.165) is 29.2 Å². The SMILES string of the molecule is CC(C)C(C)(C#N)NC(=O)CSc1nc2ccccc2n1CCc1ccccc1. The molecule has 150 valence electrons. The Hall–Kier alpha value is -2.78. The van der Waals surface area contributed by atoms with Gasteiger partial charge in [0.15, 0.2) is 5.16 Å². The summed E-state index contributed by atoms with van der Waals surface area (Å²) in [7, 11) is 0. The van der Waals surface area contributed by atoms with Crippen LogP contribution in [0.4, 0.5) is 0 Å². The first-order valence-corrected chi connectivity index (χ1v) is 10.8. The van der Waals surface area contributed by atoms with Gasteiger partial charge in [0.25, 0.3) is 0 Å². The van der Waals surface area contributed by atoms with E-state index in [0.29, 0.717) is 0 Å². The second-order valence-electron chi connectivity index (χ2n) is 7.58. The summed E-state index contributed by atoms with van der Waals surface area (Å²) in [5.41, 5.74) is 2.38. The Morgan fingerprint density at radius 2 is 1.90 bits per heavy atom. The first-order chi connectivity index (χ1) is 13.9.